The molecule has 10 heteroatoms. The molecule has 6 nitrogen and oxygen atoms in total. The van der Waals surface area contributed by atoms with Crippen LogP contribution in [0.15, 0.2) is 40.8 Å². The molecule has 35 heavy (non-hydrogen) atoms. The van der Waals surface area contributed by atoms with Crippen LogP contribution >= 0.6 is 0 Å². The monoisotopic (exact) mass is 491 g/mol. The Labute approximate surface area is 198 Å². The van der Waals surface area contributed by atoms with Crippen molar-refractivity contribution in [2.24, 2.45) is 0 Å². The summed E-state index contributed by atoms with van der Waals surface area (Å²) in [6, 6.07) is 7.12. The lowest BCUT2D eigenvalue weighted by atomic mass is 9.97. The molecule has 4 rings (SSSR count). The van der Waals surface area contributed by atoms with E-state index >= 15 is 0 Å². The lowest BCUT2D eigenvalue weighted by Gasteiger charge is -2.30. The molecule has 3 aromatic rings. The molecule has 0 aliphatic heterocycles. The van der Waals surface area contributed by atoms with Crippen molar-refractivity contribution < 1.29 is 31.9 Å². The van der Waals surface area contributed by atoms with Gasteiger partial charge in [-0.25, -0.2) is 4.39 Å². The van der Waals surface area contributed by atoms with Crippen LogP contribution in [0.2, 0.25) is 0 Å². The molecule has 0 spiro atoms. The van der Waals surface area contributed by atoms with Crippen LogP contribution in [0.1, 0.15) is 50.3 Å². The maximum absolute atomic E-state index is 14.5. The molecular formula is C25H25F4N3O3. The van der Waals surface area contributed by atoms with Gasteiger partial charge in [0, 0.05) is 17.2 Å². The van der Waals surface area contributed by atoms with Crippen molar-refractivity contribution in [1.82, 2.24) is 10.6 Å². The first-order valence-corrected chi connectivity index (χ1v) is 11.2. The van der Waals surface area contributed by atoms with E-state index in [1.807, 2.05) is 6.07 Å². The number of halogens is 4. The first-order valence-electron chi connectivity index (χ1n) is 11.2. The van der Waals surface area contributed by atoms with E-state index < -0.39 is 41.8 Å². The first-order chi connectivity index (χ1) is 16.3. The number of amides is 1. The molecule has 0 bridgehead atoms. The van der Waals surface area contributed by atoms with Crippen molar-refractivity contribution in [3.05, 3.63) is 47.5 Å². The fourth-order valence-corrected chi connectivity index (χ4v) is 4.13. The van der Waals surface area contributed by atoms with Crippen LogP contribution in [0.3, 0.4) is 0 Å². The number of aliphatic hydroxyl groups is 1. The maximum Gasteiger partial charge on any atom is 0.407 e. The molecule has 1 fully saturated rings. The Kier molecular flexibility index (Phi) is 6.28. The van der Waals surface area contributed by atoms with Crippen molar-refractivity contribution in [1.29, 1.82) is 5.26 Å². The highest BCUT2D eigenvalue weighted by Gasteiger charge is 2.48. The van der Waals surface area contributed by atoms with Crippen LogP contribution in [0.5, 0.6) is 0 Å². The molecule has 2 atom stereocenters. The summed E-state index contributed by atoms with van der Waals surface area (Å²) in [4.78, 5) is 12.8. The number of nitrogens with one attached hydrogen (secondary N) is 2. The van der Waals surface area contributed by atoms with E-state index in [1.54, 1.807) is 18.2 Å². The molecule has 1 aliphatic carbocycles. The number of hydrogen-bond donors (Lipinski definition) is 3. The van der Waals surface area contributed by atoms with Crippen LogP contribution < -0.4 is 10.6 Å². The number of hydrogen-bond acceptors (Lipinski definition) is 5. The quantitative estimate of drug-likeness (QED) is 0.388. The average Bonchev–Trinajstić information content (AvgIpc) is 3.45. The first kappa shape index (κ1) is 24.9. The van der Waals surface area contributed by atoms with Gasteiger partial charge in [-0.2, -0.15) is 18.4 Å². The molecule has 0 saturated heterocycles. The Hall–Kier alpha value is -3.16. The summed E-state index contributed by atoms with van der Waals surface area (Å²) >= 11 is 0. The highest BCUT2D eigenvalue weighted by atomic mass is 19.4. The summed E-state index contributed by atoms with van der Waals surface area (Å²) in [7, 11) is 0. The largest absolute Gasteiger partial charge is 0.456 e. The van der Waals surface area contributed by atoms with Crippen LogP contribution in [0, 0.1) is 11.3 Å². The topological polar surface area (TPSA) is 98.3 Å². The van der Waals surface area contributed by atoms with Crippen LogP contribution in [0.25, 0.3) is 21.9 Å². The number of rotatable bonds is 8. The summed E-state index contributed by atoms with van der Waals surface area (Å²) in [6.07, 6.45) is -4.55. The molecule has 3 N–H and O–H groups in total. The second kappa shape index (κ2) is 8.81. The van der Waals surface area contributed by atoms with Gasteiger partial charge >= 0.3 is 6.18 Å². The lowest BCUT2D eigenvalue weighted by Crippen LogP contribution is -2.53. The minimum atomic E-state index is -4.81. The minimum absolute atomic E-state index is 0.192. The third kappa shape index (κ3) is 5.41. The van der Waals surface area contributed by atoms with E-state index in [1.165, 1.54) is 32.0 Å². The van der Waals surface area contributed by atoms with Gasteiger partial charge in [0.25, 0.3) is 0 Å². The molecule has 186 valence electrons. The standard InChI is InChI=1S/C25H25F4N3O3/c1-23(2,26)11-18(22(34)32-24(13-30)7-8-24)31-21(25(27,28)29)15-4-5-16-17-9-14(12-33)3-6-19(17)35-20(16)10-15/h3-6,9-10,18,21,31,33H,7-8,11-12H2,1-2H3,(H,32,34). The van der Waals surface area contributed by atoms with Crippen LogP contribution in [-0.2, 0) is 11.4 Å². The zero-order valence-corrected chi connectivity index (χ0v) is 19.2. The van der Waals surface area contributed by atoms with Gasteiger partial charge < -0.3 is 14.8 Å². The van der Waals surface area contributed by atoms with Gasteiger partial charge in [0.1, 0.15) is 28.4 Å². The predicted molar refractivity (Wildman–Crippen MR) is 121 cm³/mol. The van der Waals surface area contributed by atoms with Gasteiger partial charge in [-0.05, 0) is 56.0 Å². The Balaban J connectivity index is 1.69. The van der Waals surface area contributed by atoms with Gasteiger partial charge in [-0.1, -0.05) is 18.2 Å². The van der Waals surface area contributed by atoms with Crippen LogP contribution in [0.4, 0.5) is 17.6 Å². The van der Waals surface area contributed by atoms with Gasteiger partial charge in [-0.15, -0.1) is 0 Å². The van der Waals surface area contributed by atoms with Crippen molar-refractivity contribution >= 4 is 27.8 Å². The van der Waals surface area contributed by atoms with Crippen molar-refractivity contribution in [2.45, 2.75) is 69.2 Å². The van der Waals surface area contributed by atoms with Crippen molar-refractivity contribution in [3.63, 3.8) is 0 Å². The molecule has 1 aromatic heterocycles. The lowest BCUT2D eigenvalue weighted by molar-refractivity contribution is -0.161. The molecular weight excluding hydrogens is 466 g/mol. The van der Waals surface area contributed by atoms with Crippen molar-refractivity contribution in [2.75, 3.05) is 0 Å². The number of fused-ring (bicyclic) bond motifs is 3. The Morgan fingerprint density at radius 1 is 1.14 bits per heavy atom. The molecule has 2 aromatic carbocycles. The minimum Gasteiger partial charge on any atom is -0.456 e. The number of nitriles is 1. The summed E-state index contributed by atoms with van der Waals surface area (Å²) in [6.45, 7) is 2.16. The molecule has 1 heterocycles. The van der Waals surface area contributed by atoms with Gasteiger partial charge in [0.2, 0.25) is 5.91 Å². The molecule has 0 radical (unpaired) electrons. The SMILES string of the molecule is CC(C)(F)CC(NC(c1ccc2c(c1)oc1ccc(CO)cc12)C(F)(F)F)C(=O)NC1(C#N)CC1. The number of carbonyl (C=O) groups excluding carboxylic acids is 1. The number of aliphatic hydroxyl groups excluding tert-OH is 1. The van der Waals surface area contributed by atoms with E-state index in [0.717, 1.165) is 0 Å². The fourth-order valence-electron chi connectivity index (χ4n) is 4.13. The second-order valence-electron chi connectivity index (χ2n) is 9.65. The summed E-state index contributed by atoms with van der Waals surface area (Å²) in [5, 5.41) is 24.6. The number of alkyl halides is 4. The number of carbonyl (C=O) groups is 1. The summed E-state index contributed by atoms with van der Waals surface area (Å²) in [5.41, 5.74) is -1.96. The Bertz CT molecular complexity index is 1300. The number of furan rings is 1. The third-order valence-electron chi connectivity index (χ3n) is 6.10. The van der Waals surface area contributed by atoms with Gasteiger partial charge in [-0.3, -0.25) is 10.1 Å². The molecule has 1 saturated carbocycles. The number of benzene rings is 2. The predicted octanol–water partition coefficient (Wildman–Crippen LogP) is 4.95. The van der Waals surface area contributed by atoms with E-state index in [4.69, 9.17) is 4.42 Å². The maximum atomic E-state index is 14.5. The highest BCUT2D eigenvalue weighted by Crippen LogP contribution is 2.38. The Morgan fingerprint density at radius 2 is 1.86 bits per heavy atom. The smallest absolute Gasteiger partial charge is 0.407 e. The zero-order chi connectivity index (χ0) is 25.6. The zero-order valence-electron chi connectivity index (χ0n) is 19.2. The van der Waals surface area contributed by atoms with E-state index in [2.05, 4.69) is 10.6 Å². The molecule has 2 unspecified atom stereocenters. The van der Waals surface area contributed by atoms with E-state index in [9.17, 15) is 32.7 Å². The number of nitrogens with zero attached hydrogens (tertiary/aromatic N) is 1. The highest BCUT2D eigenvalue weighted by molar-refractivity contribution is 6.05. The van der Waals surface area contributed by atoms with Gasteiger partial charge in [0.05, 0.1) is 18.7 Å². The van der Waals surface area contributed by atoms with Crippen LogP contribution in [-0.4, -0.2) is 34.4 Å². The third-order valence-corrected chi connectivity index (χ3v) is 6.10. The van der Waals surface area contributed by atoms with E-state index in [0.29, 0.717) is 34.8 Å². The normalized spacial score (nSPS) is 17.2. The average molecular weight is 491 g/mol. The molecule has 1 amide bonds. The Morgan fingerprint density at radius 3 is 2.43 bits per heavy atom. The van der Waals surface area contributed by atoms with E-state index in [-0.39, 0.29) is 17.8 Å². The van der Waals surface area contributed by atoms with Gasteiger partial charge in [0.15, 0.2) is 0 Å². The summed E-state index contributed by atoms with van der Waals surface area (Å²) in [5.74, 6) is -0.856. The molecule has 1 aliphatic rings. The summed E-state index contributed by atoms with van der Waals surface area (Å²) < 4.78 is 62.7. The fraction of sp³-hybridized carbons (Fsp3) is 0.440. The van der Waals surface area contributed by atoms with Crippen molar-refractivity contribution in [3.8, 4) is 6.07 Å². The second-order valence-corrected chi connectivity index (χ2v) is 9.65.